The predicted molar refractivity (Wildman–Crippen MR) is 102 cm³/mol. The highest BCUT2D eigenvalue weighted by Gasteiger charge is 2.22. The fourth-order valence-corrected chi connectivity index (χ4v) is 3.66. The monoisotopic (exact) mass is 366 g/mol. The van der Waals surface area contributed by atoms with E-state index in [-0.39, 0.29) is 12.0 Å². The molecule has 2 heterocycles. The first kappa shape index (κ1) is 16.6. The summed E-state index contributed by atoms with van der Waals surface area (Å²) in [6, 6.07) is 14.9. The third-order valence-corrected chi connectivity index (χ3v) is 4.85. The molecule has 1 aliphatic heterocycles. The number of nitrogens with one attached hydrogen (secondary N) is 1. The van der Waals surface area contributed by atoms with Gasteiger partial charge in [0.1, 0.15) is 18.1 Å². The zero-order valence-electron chi connectivity index (χ0n) is 14.5. The van der Waals surface area contributed by atoms with Gasteiger partial charge in [0.25, 0.3) is 5.91 Å². The van der Waals surface area contributed by atoms with Gasteiger partial charge in [-0.15, -0.1) is 0 Å². The number of carbonyl (C=O) groups excluding carboxylic acids is 1. The van der Waals surface area contributed by atoms with Crippen LogP contribution in [0.25, 0.3) is 11.3 Å². The minimum Gasteiger partial charge on any atom is -0.491 e. The average Bonchev–Trinajstić information content (AvgIpc) is 3.04. The Bertz CT molecular complexity index is 948. The van der Waals surface area contributed by atoms with Crippen LogP contribution in [0, 0.1) is 0 Å². The number of ether oxygens (including phenoxy) is 2. The zero-order chi connectivity index (χ0) is 18.1. The van der Waals surface area contributed by atoms with Crippen LogP contribution in [0.4, 0.5) is 5.13 Å². The molecule has 4 rings (SSSR count). The molecule has 5 nitrogen and oxygen atoms in total. The van der Waals surface area contributed by atoms with Gasteiger partial charge in [0.05, 0.1) is 16.7 Å². The molecule has 1 amide bonds. The number of anilines is 1. The quantitative estimate of drug-likeness (QED) is 0.724. The largest absolute Gasteiger partial charge is 0.491 e. The second-order valence-electron chi connectivity index (χ2n) is 6.22. The molecule has 6 heteroatoms. The molecule has 26 heavy (non-hydrogen) atoms. The van der Waals surface area contributed by atoms with Crippen molar-refractivity contribution in [2.75, 3.05) is 5.32 Å². The molecule has 0 unspecified atom stereocenters. The third kappa shape index (κ3) is 3.28. The van der Waals surface area contributed by atoms with E-state index in [4.69, 9.17) is 9.47 Å². The number of benzene rings is 2. The predicted octanol–water partition coefficient (Wildman–Crippen LogP) is 4.74. The number of hydrogen-bond donors (Lipinski definition) is 1. The molecule has 132 valence electrons. The average molecular weight is 366 g/mol. The lowest BCUT2D eigenvalue weighted by Crippen LogP contribution is -2.12. The molecule has 0 saturated heterocycles. The van der Waals surface area contributed by atoms with E-state index in [2.05, 4.69) is 10.3 Å². The van der Waals surface area contributed by atoms with Crippen LogP contribution in [0.1, 0.15) is 29.1 Å². The Labute approximate surface area is 155 Å². The Balaban J connectivity index is 1.52. The molecular weight excluding hydrogens is 348 g/mol. The van der Waals surface area contributed by atoms with Gasteiger partial charge in [0, 0.05) is 11.1 Å². The Hall–Kier alpha value is -2.86. The van der Waals surface area contributed by atoms with Gasteiger partial charge in [-0.3, -0.25) is 10.1 Å². The molecule has 0 fully saturated rings. The normalized spacial score (nSPS) is 12.1. The van der Waals surface area contributed by atoms with Gasteiger partial charge in [0.15, 0.2) is 5.13 Å². The third-order valence-electron chi connectivity index (χ3n) is 3.91. The summed E-state index contributed by atoms with van der Waals surface area (Å²) in [4.78, 5) is 18.1. The van der Waals surface area contributed by atoms with E-state index in [9.17, 15) is 4.79 Å². The van der Waals surface area contributed by atoms with E-state index >= 15 is 0 Å². The van der Waals surface area contributed by atoms with Gasteiger partial charge >= 0.3 is 0 Å². The van der Waals surface area contributed by atoms with Crippen molar-refractivity contribution in [1.29, 1.82) is 0 Å². The Morgan fingerprint density at radius 1 is 1.19 bits per heavy atom. The molecule has 0 atom stereocenters. The van der Waals surface area contributed by atoms with Gasteiger partial charge < -0.3 is 9.47 Å². The summed E-state index contributed by atoms with van der Waals surface area (Å²) < 4.78 is 11.3. The van der Waals surface area contributed by atoms with Crippen LogP contribution in [-0.4, -0.2) is 17.0 Å². The number of aromatic nitrogens is 1. The van der Waals surface area contributed by atoms with Crippen LogP contribution in [0.3, 0.4) is 0 Å². The summed E-state index contributed by atoms with van der Waals surface area (Å²) in [5.41, 5.74) is 2.40. The highest BCUT2D eigenvalue weighted by atomic mass is 32.1. The van der Waals surface area contributed by atoms with Crippen LogP contribution < -0.4 is 14.8 Å². The summed E-state index contributed by atoms with van der Waals surface area (Å²) in [6.45, 7) is 4.40. The number of nitrogens with zero attached hydrogens (tertiary/aromatic N) is 1. The summed E-state index contributed by atoms with van der Waals surface area (Å²) >= 11 is 1.44. The zero-order valence-corrected chi connectivity index (χ0v) is 15.3. The fourth-order valence-electron chi connectivity index (χ4n) is 2.77. The minimum absolute atomic E-state index is 0.0985. The number of hydrogen-bond acceptors (Lipinski definition) is 5. The van der Waals surface area contributed by atoms with Crippen molar-refractivity contribution >= 4 is 22.4 Å². The fraction of sp³-hybridized carbons (Fsp3) is 0.200. The smallest absolute Gasteiger partial charge is 0.257 e. The number of carbonyl (C=O) groups is 1. The molecule has 1 aromatic heterocycles. The van der Waals surface area contributed by atoms with Crippen LogP contribution in [-0.2, 0) is 6.61 Å². The van der Waals surface area contributed by atoms with Crippen molar-refractivity contribution in [2.45, 2.75) is 26.6 Å². The maximum absolute atomic E-state index is 12.5. The first-order valence-electron chi connectivity index (χ1n) is 8.40. The Morgan fingerprint density at radius 3 is 2.73 bits per heavy atom. The lowest BCUT2D eigenvalue weighted by Gasteiger charge is -2.15. The van der Waals surface area contributed by atoms with Gasteiger partial charge in [-0.25, -0.2) is 4.98 Å². The maximum Gasteiger partial charge on any atom is 0.257 e. The van der Waals surface area contributed by atoms with E-state index in [1.54, 1.807) is 24.3 Å². The molecule has 1 aliphatic rings. The van der Waals surface area contributed by atoms with E-state index in [1.807, 2.05) is 38.1 Å². The van der Waals surface area contributed by atoms with Crippen molar-refractivity contribution < 1.29 is 14.3 Å². The summed E-state index contributed by atoms with van der Waals surface area (Å²) in [5, 5.41) is 3.45. The van der Waals surface area contributed by atoms with Crippen LogP contribution in [0.15, 0.2) is 48.5 Å². The van der Waals surface area contributed by atoms with Crippen molar-refractivity contribution in [3.05, 3.63) is 59.0 Å². The molecule has 2 aromatic carbocycles. The Morgan fingerprint density at radius 2 is 1.96 bits per heavy atom. The number of thiazole rings is 1. The van der Waals surface area contributed by atoms with Gasteiger partial charge in [-0.1, -0.05) is 23.5 Å². The van der Waals surface area contributed by atoms with Gasteiger partial charge in [0.2, 0.25) is 0 Å². The van der Waals surface area contributed by atoms with Crippen molar-refractivity contribution in [3.8, 4) is 22.8 Å². The van der Waals surface area contributed by atoms with Crippen molar-refractivity contribution in [3.63, 3.8) is 0 Å². The van der Waals surface area contributed by atoms with E-state index in [0.717, 1.165) is 27.6 Å². The van der Waals surface area contributed by atoms with Crippen molar-refractivity contribution in [2.24, 2.45) is 0 Å². The van der Waals surface area contributed by atoms with E-state index in [1.165, 1.54) is 11.3 Å². The summed E-state index contributed by atoms with van der Waals surface area (Å²) in [5.74, 6) is 1.38. The molecule has 3 aromatic rings. The maximum atomic E-state index is 12.5. The molecule has 1 N–H and O–H groups in total. The molecule has 0 aliphatic carbocycles. The van der Waals surface area contributed by atoms with Crippen LogP contribution >= 0.6 is 11.3 Å². The SMILES string of the molecule is CC(C)Oc1ccc(C(=O)Nc2nc3c(s2)COc2ccccc2-3)cc1. The number of rotatable bonds is 4. The number of para-hydroxylation sites is 1. The number of amides is 1. The van der Waals surface area contributed by atoms with Crippen LogP contribution in [0.2, 0.25) is 0 Å². The molecule has 0 radical (unpaired) electrons. The lowest BCUT2D eigenvalue weighted by atomic mass is 10.1. The molecule has 0 spiro atoms. The molecular formula is C20H18N2O3S. The number of fused-ring (bicyclic) bond motifs is 3. The van der Waals surface area contributed by atoms with Gasteiger partial charge in [-0.2, -0.15) is 0 Å². The van der Waals surface area contributed by atoms with Crippen LogP contribution in [0.5, 0.6) is 11.5 Å². The summed E-state index contributed by atoms with van der Waals surface area (Å²) in [7, 11) is 0. The second-order valence-corrected chi connectivity index (χ2v) is 7.30. The second kappa shape index (κ2) is 6.80. The summed E-state index contributed by atoms with van der Waals surface area (Å²) in [6.07, 6.45) is 0.0985. The highest BCUT2D eigenvalue weighted by Crippen LogP contribution is 2.40. The molecule has 0 saturated carbocycles. The molecule has 0 bridgehead atoms. The van der Waals surface area contributed by atoms with E-state index < -0.39 is 0 Å². The van der Waals surface area contributed by atoms with Crippen molar-refractivity contribution in [1.82, 2.24) is 4.98 Å². The van der Waals surface area contributed by atoms with Gasteiger partial charge in [-0.05, 0) is 50.2 Å². The standard InChI is InChI=1S/C20H18N2O3S/c1-12(2)25-14-9-7-13(8-10-14)19(23)22-20-21-18-15-5-3-4-6-16(15)24-11-17(18)26-20/h3-10,12H,11H2,1-2H3,(H,21,22,23). The first-order valence-corrected chi connectivity index (χ1v) is 9.22. The topological polar surface area (TPSA) is 60.5 Å². The lowest BCUT2D eigenvalue weighted by molar-refractivity contribution is 0.102. The first-order chi connectivity index (χ1) is 12.6. The highest BCUT2D eigenvalue weighted by molar-refractivity contribution is 7.16. The van der Waals surface area contributed by atoms with E-state index in [0.29, 0.717) is 17.3 Å². The minimum atomic E-state index is -0.193. The Kier molecular flexibility index (Phi) is 4.34.